The van der Waals surface area contributed by atoms with Crippen molar-refractivity contribution in [3.8, 4) is 0 Å². The molecule has 1 fully saturated rings. The van der Waals surface area contributed by atoms with Crippen LogP contribution in [-0.2, 0) is 12.1 Å². The summed E-state index contributed by atoms with van der Waals surface area (Å²) < 4.78 is 2.00. The van der Waals surface area contributed by atoms with Crippen LogP contribution in [0.4, 0.5) is 0 Å². The van der Waals surface area contributed by atoms with Crippen LogP contribution in [0, 0.1) is 13.8 Å². The van der Waals surface area contributed by atoms with Crippen LogP contribution >= 0.6 is 0 Å². The van der Waals surface area contributed by atoms with Gasteiger partial charge in [0.2, 0.25) is 0 Å². The third-order valence-electron chi connectivity index (χ3n) is 7.70. The van der Waals surface area contributed by atoms with E-state index in [4.69, 9.17) is 0 Å². The zero-order valence-corrected chi connectivity index (χ0v) is 21.0. The average molecular weight is 451 g/mol. The number of pyridine rings is 1. The highest BCUT2D eigenvalue weighted by Crippen LogP contribution is 2.35. The summed E-state index contributed by atoms with van der Waals surface area (Å²) >= 11 is 0. The van der Waals surface area contributed by atoms with E-state index >= 15 is 0 Å². The minimum Gasteiger partial charge on any atom is -0.322 e. The summed E-state index contributed by atoms with van der Waals surface area (Å²) in [5, 5.41) is 14.0. The topological polar surface area (TPSA) is 79.7 Å². The maximum Gasteiger partial charge on any atom is 0.252 e. The molecule has 0 radical (unpaired) electrons. The number of aryl methyl sites for hydroxylation is 2. The molecule has 0 aliphatic heterocycles. The van der Waals surface area contributed by atoms with Crippen molar-refractivity contribution in [2.24, 2.45) is 0 Å². The molecule has 7 nitrogen and oxygen atoms in total. The fourth-order valence-electron chi connectivity index (χ4n) is 5.11. The number of fused-ring (bicyclic) bond motifs is 1. The van der Waals surface area contributed by atoms with Gasteiger partial charge < -0.3 is 4.98 Å². The molecule has 1 atom stereocenters. The lowest BCUT2D eigenvalue weighted by Crippen LogP contribution is -2.40. The number of hydrogen-bond acceptors (Lipinski definition) is 5. The van der Waals surface area contributed by atoms with E-state index in [0.29, 0.717) is 12.6 Å². The van der Waals surface area contributed by atoms with Gasteiger partial charge in [-0.15, -0.1) is 5.10 Å². The predicted molar refractivity (Wildman–Crippen MR) is 132 cm³/mol. The van der Waals surface area contributed by atoms with Gasteiger partial charge in [0, 0.05) is 23.7 Å². The maximum atomic E-state index is 13.1. The van der Waals surface area contributed by atoms with Crippen LogP contribution in [0.15, 0.2) is 23.0 Å². The van der Waals surface area contributed by atoms with Crippen LogP contribution in [0.25, 0.3) is 10.9 Å². The Bertz CT molecular complexity index is 1170. The number of H-pyrrole nitrogens is 1. The lowest BCUT2D eigenvalue weighted by Gasteiger charge is -2.36. The van der Waals surface area contributed by atoms with Crippen molar-refractivity contribution in [2.45, 2.75) is 104 Å². The molecule has 0 bridgehead atoms. The normalized spacial score (nSPS) is 16.2. The fourth-order valence-corrected chi connectivity index (χ4v) is 5.11. The number of hydrogen-bond donors (Lipinski definition) is 1. The predicted octanol–water partition coefficient (Wildman–Crippen LogP) is 5.17. The number of tetrazole rings is 1. The van der Waals surface area contributed by atoms with Crippen molar-refractivity contribution in [1.82, 2.24) is 30.1 Å². The van der Waals surface area contributed by atoms with E-state index in [1.807, 2.05) is 4.68 Å². The Hall–Kier alpha value is -2.54. The maximum absolute atomic E-state index is 13.1. The number of rotatable bonds is 8. The highest BCUT2D eigenvalue weighted by atomic mass is 16.1. The molecule has 1 aliphatic rings. The van der Waals surface area contributed by atoms with Gasteiger partial charge in [-0.05, 0) is 98.5 Å². The van der Waals surface area contributed by atoms with Gasteiger partial charge in [-0.3, -0.25) is 9.69 Å². The van der Waals surface area contributed by atoms with E-state index in [1.165, 1.54) is 24.0 Å². The lowest BCUT2D eigenvalue weighted by molar-refractivity contribution is 0.106. The minimum atomic E-state index is -0.163. The van der Waals surface area contributed by atoms with Gasteiger partial charge in [0.15, 0.2) is 5.82 Å². The van der Waals surface area contributed by atoms with E-state index in [1.54, 1.807) is 0 Å². The Morgan fingerprint density at radius 1 is 1.15 bits per heavy atom. The quantitative estimate of drug-likeness (QED) is 0.512. The summed E-state index contributed by atoms with van der Waals surface area (Å²) in [7, 11) is 0. The van der Waals surface area contributed by atoms with Crippen molar-refractivity contribution in [3.63, 3.8) is 0 Å². The molecule has 0 saturated heterocycles. The Labute approximate surface area is 196 Å². The molecule has 2 heterocycles. The Balaban J connectivity index is 1.76. The molecule has 1 saturated carbocycles. The van der Waals surface area contributed by atoms with Gasteiger partial charge in [0.25, 0.3) is 5.56 Å². The van der Waals surface area contributed by atoms with Gasteiger partial charge >= 0.3 is 0 Å². The van der Waals surface area contributed by atoms with Crippen molar-refractivity contribution < 1.29 is 0 Å². The van der Waals surface area contributed by atoms with Crippen LogP contribution < -0.4 is 5.56 Å². The van der Waals surface area contributed by atoms with Crippen LogP contribution in [0.1, 0.15) is 94.8 Å². The summed E-state index contributed by atoms with van der Waals surface area (Å²) in [5.74, 6) is 0.903. The molecule has 33 heavy (non-hydrogen) atoms. The molecule has 7 heteroatoms. The van der Waals surface area contributed by atoms with E-state index in [9.17, 15) is 4.79 Å². The lowest BCUT2D eigenvalue weighted by atomic mass is 10.00. The Morgan fingerprint density at radius 2 is 1.85 bits per heavy atom. The average Bonchev–Trinajstić information content (AvgIpc) is 3.48. The highest BCUT2D eigenvalue weighted by molar-refractivity contribution is 5.80. The van der Waals surface area contributed by atoms with Crippen LogP contribution in [-0.4, -0.2) is 36.1 Å². The summed E-state index contributed by atoms with van der Waals surface area (Å²) in [6.45, 7) is 13.5. The standard InChI is InChI=1S/C26H38N6O/c1-7-23(24-28-29-30-32(24)26(5,6)8-2)31(21-11-9-10-12-21)16-20-15-19-13-17(3)18(4)14-22(19)27-25(20)33/h13-15,21,23H,7-12,16H2,1-6H3,(H,27,33)/t23-/m0/s1. The molecule has 1 aromatic carbocycles. The number of nitrogens with zero attached hydrogens (tertiary/aromatic N) is 5. The third-order valence-corrected chi connectivity index (χ3v) is 7.70. The molecule has 0 unspecified atom stereocenters. The zero-order chi connectivity index (χ0) is 23.8. The fraction of sp³-hybridized carbons (Fsp3) is 0.615. The largest absolute Gasteiger partial charge is 0.322 e. The first kappa shape index (κ1) is 23.6. The van der Waals surface area contributed by atoms with E-state index in [2.05, 4.69) is 85.2 Å². The monoisotopic (exact) mass is 450 g/mol. The summed E-state index contributed by atoms with van der Waals surface area (Å²) in [6, 6.07) is 6.81. The third kappa shape index (κ3) is 4.60. The van der Waals surface area contributed by atoms with Crippen molar-refractivity contribution >= 4 is 10.9 Å². The smallest absolute Gasteiger partial charge is 0.252 e. The highest BCUT2D eigenvalue weighted by Gasteiger charge is 2.35. The first-order valence-electron chi connectivity index (χ1n) is 12.4. The number of aromatic amines is 1. The molecular formula is C26H38N6O. The van der Waals surface area contributed by atoms with Gasteiger partial charge in [-0.2, -0.15) is 0 Å². The first-order valence-corrected chi connectivity index (χ1v) is 12.4. The molecular weight excluding hydrogens is 412 g/mol. The summed E-state index contributed by atoms with van der Waals surface area (Å²) in [5.41, 5.74) is 3.97. The van der Waals surface area contributed by atoms with Gasteiger partial charge in [0.05, 0.1) is 11.6 Å². The minimum absolute atomic E-state index is 0.00270. The Morgan fingerprint density at radius 3 is 2.52 bits per heavy atom. The Kier molecular flexibility index (Phi) is 6.71. The summed E-state index contributed by atoms with van der Waals surface area (Å²) in [4.78, 5) is 18.8. The SMILES string of the molecule is CC[C@@H](c1nnnn1C(C)(C)CC)N(Cc1cc2cc(C)c(C)cc2[nH]c1=O)C1CCCC1. The molecule has 2 aromatic heterocycles. The molecule has 0 amide bonds. The van der Waals surface area contributed by atoms with Crippen molar-refractivity contribution in [3.05, 3.63) is 51.1 Å². The van der Waals surface area contributed by atoms with E-state index < -0.39 is 0 Å². The van der Waals surface area contributed by atoms with Gasteiger partial charge in [-0.1, -0.05) is 26.7 Å². The molecule has 3 aromatic rings. The van der Waals surface area contributed by atoms with Crippen molar-refractivity contribution in [1.29, 1.82) is 0 Å². The molecule has 0 spiro atoms. The van der Waals surface area contributed by atoms with Crippen LogP contribution in [0.3, 0.4) is 0 Å². The molecule has 178 valence electrons. The van der Waals surface area contributed by atoms with E-state index in [0.717, 1.165) is 48.0 Å². The molecule has 1 N–H and O–H groups in total. The van der Waals surface area contributed by atoms with Crippen LogP contribution in [0.2, 0.25) is 0 Å². The van der Waals surface area contributed by atoms with Crippen molar-refractivity contribution in [2.75, 3.05) is 0 Å². The number of benzene rings is 1. The second-order valence-electron chi connectivity index (χ2n) is 10.3. The second-order valence-corrected chi connectivity index (χ2v) is 10.3. The van der Waals surface area contributed by atoms with Crippen LogP contribution in [0.5, 0.6) is 0 Å². The van der Waals surface area contributed by atoms with Gasteiger partial charge in [-0.25, -0.2) is 4.68 Å². The second kappa shape index (κ2) is 9.37. The number of aromatic nitrogens is 5. The van der Waals surface area contributed by atoms with Gasteiger partial charge in [0.1, 0.15) is 0 Å². The summed E-state index contributed by atoms with van der Waals surface area (Å²) in [6.07, 6.45) is 6.59. The molecule has 4 rings (SSSR count). The number of nitrogens with one attached hydrogen (secondary N) is 1. The zero-order valence-electron chi connectivity index (χ0n) is 21.0. The first-order chi connectivity index (χ1) is 15.7. The molecule has 1 aliphatic carbocycles. The van der Waals surface area contributed by atoms with E-state index in [-0.39, 0.29) is 17.1 Å².